The second-order valence-electron chi connectivity index (χ2n) is 5.22. The van der Waals surface area contributed by atoms with E-state index in [0.29, 0.717) is 18.7 Å². The first-order valence-electron chi connectivity index (χ1n) is 8.01. The quantitative estimate of drug-likeness (QED) is 0.731. The second-order valence-corrected chi connectivity index (χ2v) is 5.22. The van der Waals surface area contributed by atoms with Crippen molar-refractivity contribution >= 4 is 11.8 Å². The molecule has 5 nitrogen and oxygen atoms in total. The number of para-hydroxylation sites is 1. The van der Waals surface area contributed by atoms with Crippen molar-refractivity contribution in [1.29, 1.82) is 0 Å². The van der Waals surface area contributed by atoms with Crippen LogP contribution in [0.5, 0.6) is 5.75 Å². The molecule has 0 aromatic heterocycles. The first-order valence-corrected chi connectivity index (χ1v) is 8.01. The second kappa shape index (κ2) is 9.35. The van der Waals surface area contributed by atoms with Gasteiger partial charge in [0, 0.05) is 18.7 Å². The molecule has 0 radical (unpaired) electrons. The van der Waals surface area contributed by atoms with Gasteiger partial charge in [0.15, 0.2) is 6.61 Å². The molecule has 0 unspecified atom stereocenters. The van der Waals surface area contributed by atoms with E-state index in [1.165, 1.54) is 0 Å². The number of rotatable bonds is 8. The first kappa shape index (κ1) is 17.5. The molecule has 2 rings (SSSR count). The highest BCUT2D eigenvalue weighted by molar-refractivity contribution is 5.94. The molecule has 0 aliphatic carbocycles. The van der Waals surface area contributed by atoms with E-state index < -0.39 is 0 Å². The molecule has 0 aliphatic heterocycles. The van der Waals surface area contributed by atoms with Gasteiger partial charge >= 0.3 is 0 Å². The number of hydrogen-bond donors (Lipinski definition) is 2. The van der Waals surface area contributed by atoms with Crippen molar-refractivity contribution in [1.82, 2.24) is 10.6 Å². The van der Waals surface area contributed by atoms with Crippen LogP contribution >= 0.6 is 0 Å². The topological polar surface area (TPSA) is 67.4 Å². The lowest BCUT2D eigenvalue weighted by molar-refractivity contribution is -0.123. The smallest absolute Gasteiger partial charge is 0.258 e. The average Bonchev–Trinajstić information content (AvgIpc) is 2.64. The molecular weight excluding hydrogens is 304 g/mol. The van der Waals surface area contributed by atoms with Crippen LogP contribution in [-0.4, -0.2) is 31.5 Å². The highest BCUT2D eigenvalue weighted by Crippen LogP contribution is 2.17. The van der Waals surface area contributed by atoms with E-state index >= 15 is 0 Å². The monoisotopic (exact) mass is 326 g/mol. The van der Waals surface area contributed by atoms with E-state index in [-0.39, 0.29) is 18.4 Å². The van der Waals surface area contributed by atoms with Crippen molar-refractivity contribution in [2.45, 2.75) is 13.3 Å². The Labute approximate surface area is 142 Å². The van der Waals surface area contributed by atoms with Crippen molar-refractivity contribution in [3.05, 3.63) is 65.7 Å². The fourth-order valence-corrected chi connectivity index (χ4v) is 2.20. The molecule has 0 saturated heterocycles. The molecular formula is C19H22N2O3. The summed E-state index contributed by atoms with van der Waals surface area (Å²) < 4.78 is 5.54. The van der Waals surface area contributed by atoms with Gasteiger partial charge in [-0.2, -0.15) is 0 Å². The highest BCUT2D eigenvalue weighted by atomic mass is 16.5. The van der Waals surface area contributed by atoms with Crippen LogP contribution in [0.4, 0.5) is 0 Å². The zero-order valence-electron chi connectivity index (χ0n) is 13.7. The lowest BCUT2D eigenvalue weighted by Crippen LogP contribution is -2.36. The molecule has 2 aromatic rings. The van der Waals surface area contributed by atoms with Crippen LogP contribution in [-0.2, 0) is 11.2 Å². The minimum absolute atomic E-state index is 0.0381. The lowest BCUT2D eigenvalue weighted by atomic mass is 10.1. The van der Waals surface area contributed by atoms with Gasteiger partial charge in [0.1, 0.15) is 5.75 Å². The minimum Gasteiger partial charge on any atom is -0.483 e. The van der Waals surface area contributed by atoms with Gasteiger partial charge in [0.2, 0.25) is 0 Å². The average molecular weight is 326 g/mol. The van der Waals surface area contributed by atoms with Crippen molar-refractivity contribution < 1.29 is 14.3 Å². The molecule has 0 heterocycles. The van der Waals surface area contributed by atoms with E-state index in [0.717, 1.165) is 17.7 Å². The summed E-state index contributed by atoms with van der Waals surface area (Å²) in [6.45, 7) is 2.72. The Balaban J connectivity index is 1.66. The Morgan fingerprint density at radius 3 is 2.33 bits per heavy atom. The summed E-state index contributed by atoms with van der Waals surface area (Å²) in [6, 6.07) is 16.6. The van der Waals surface area contributed by atoms with Crippen LogP contribution in [0, 0.1) is 0 Å². The summed E-state index contributed by atoms with van der Waals surface area (Å²) in [7, 11) is 0. The molecule has 126 valence electrons. The maximum Gasteiger partial charge on any atom is 0.258 e. The number of hydrogen-bond acceptors (Lipinski definition) is 3. The van der Waals surface area contributed by atoms with Crippen LogP contribution < -0.4 is 15.4 Å². The fraction of sp³-hybridized carbons (Fsp3) is 0.263. The van der Waals surface area contributed by atoms with Crippen LogP contribution in [0.25, 0.3) is 0 Å². The van der Waals surface area contributed by atoms with E-state index in [4.69, 9.17) is 4.74 Å². The van der Waals surface area contributed by atoms with Crippen LogP contribution in [0.3, 0.4) is 0 Å². The van der Waals surface area contributed by atoms with Gasteiger partial charge in [-0.3, -0.25) is 9.59 Å². The summed E-state index contributed by atoms with van der Waals surface area (Å²) in [4.78, 5) is 23.6. The largest absolute Gasteiger partial charge is 0.483 e. The maximum atomic E-state index is 11.8. The molecule has 0 fully saturated rings. The molecule has 2 N–H and O–H groups in total. The Morgan fingerprint density at radius 2 is 1.58 bits per heavy atom. The Kier molecular flexibility index (Phi) is 6.83. The minimum atomic E-state index is -0.213. The number of carbonyl (C=O) groups excluding carboxylic acids is 2. The summed E-state index contributed by atoms with van der Waals surface area (Å²) in [5.41, 5.74) is 1.67. The third-order valence-electron chi connectivity index (χ3n) is 3.48. The van der Waals surface area contributed by atoms with E-state index in [2.05, 4.69) is 10.6 Å². The predicted molar refractivity (Wildman–Crippen MR) is 93.1 cm³/mol. The Bertz CT molecular complexity index is 671. The number of ether oxygens (including phenoxy) is 1. The van der Waals surface area contributed by atoms with E-state index in [9.17, 15) is 9.59 Å². The number of nitrogens with one attached hydrogen (secondary N) is 2. The molecule has 24 heavy (non-hydrogen) atoms. The third-order valence-corrected chi connectivity index (χ3v) is 3.48. The molecule has 0 spiro atoms. The van der Waals surface area contributed by atoms with Crippen molar-refractivity contribution in [2.75, 3.05) is 19.7 Å². The third kappa shape index (κ3) is 5.43. The van der Waals surface area contributed by atoms with Gasteiger partial charge in [-0.1, -0.05) is 43.3 Å². The van der Waals surface area contributed by atoms with Crippen molar-refractivity contribution in [3.8, 4) is 5.75 Å². The van der Waals surface area contributed by atoms with Crippen LogP contribution in [0.2, 0.25) is 0 Å². The molecule has 5 heteroatoms. The van der Waals surface area contributed by atoms with Crippen molar-refractivity contribution in [3.63, 3.8) is 0 Å². The van der Waals surface area contributed by atoms with Gasteiger partial charge in [-0.25, -0.2) is 0 Å². The summed E-state index contributed by atoms with van der Waals surface area (Å²) in [6.07, 6.45) is 0.851. The molecule has 0 saturated carbocycles. The fourth-order valence-electron chi connectivity index (χ4n) is 2.20. The molecule has 2 amide bonds. The Morgan fingerprint density at radius 1 is 0.917 bits per heavy atom. The normalized spacial score (nSPS) is 10.0. The predicted octanol–water partition coefficient (Wildman–Crippen LogP) is 2.17. The molecule has 2 aromatic carbocycles. The number of aryl methyl sites for hydroxylation is 1. The summed E-state index contributed by atoms with van der Waals surface area (Å²) >= 11 is 0. The molecule has 0 bridgehead atoms. The van der Waals surface area contributed by atoms with Gasteiger partial charge in [-0.15, -0.1) is 0 Å². The number of amides is 2. The summed E-state index contributed by atoms with van der Waals surface area (Å²) in [5, 5.41) is 5.47. The molecule has 0 aliphatic rings. The number of benzene rings is 2. The van der Waals surface area contributed by atoms with Gasteiger partial charge < -0.3 is 15.4 Å². The van der Waals surface area contributed by atoms with Gasteiger partial charge in [0.05, 0.1) is 0 Å². The maximum absolute atomic E-state index is 11.8. The molecule has 0 atom stereocenters. The standard InChI is InChI=1S/C19H22N2O3/c1-2-15-8-6-7-11-17(15)24-14-18(22)20-12-13-21-19(23)16-9-4-3-5-10-16/h3-11H,2,12-14H2,1H3,(H,20,22)(H,21,23). The lowest BCUT2D eigenvalue weighted by Gasteiger charge is -2.11. The number of carbonyl (C=O) groups is 2. The van der Waals surface area contributed by atoms with E-state index in [1.807, 2.05) is 49.4 Å². The van der Waals surface area contributed by atoms with Gasteiger partial charge in [-0.05, 0) is 30.2 Å². The van der Waals surface area contributed by atoms with Crippen LogP contribution in [0.1, 0.15) is 22.8 Å². The highest BCUT2D eigenvalue weighted by Gasteiger charge is 2.06. The SMILES string of the molecule is CCc1ccccc1OCC(=O)NCCNC(=O)c1ccccc1. The van der Waals surface area contributed by atoms with Crippen molar-refractivity contribution in [2.24, 2.45) is 0 Å². The summed E-state index contributed by atoms with van der Waals surface area (Å²) in [5.74, 6) is 0.361. The van der Waals surface area contributed by atoms with E-state index in [1.54, 1.807) is 12.1 Å². The first-order chi connectivity index (χ1) is 11.7. The zero-order chi connectivity index (χ0) is 17.2. The zero-order valence-corrected chi connectivity index (χ0v) is 13.7. The Hall–Kier alpha value is -2.82. The van der Waals surface area contributed by atoms with Gasteiger partial charge in [0.25, 0.3) is 11.8 Å². The van der Waals surface area contributed by atoms with Crippen LogP contribution in [0.15, 0.2) is 54.6 Å².